The largest absolute Gasteiger partial charge is 0.481 e. The Hall–Kier alpha value is -1.84. The second-order valence-corrected chi connectivity index (χ2v) is 4.78. The number of para-hydroxylation sites is 1. The highest BCUT2D eigenvalue weighted by atomic mass is 16.4. The van der Waals surface area contributed by atoms with Crippen LogP contribution in [0.4, 0.5) is 5.69 Å². The van der Waals surface area contributed by atoms with Crippen molar-refractivity contribution in [3.8, 4) is 0 Å². The third kappa shape index (κ3) is 3.32. The Morgan fingerprint density at radius 2 is 2.00 bits per heavy atom. The van der Waals surface area contributed by atoms with Gasteiger partial charge in [-0.05, 0) is 30.4 Å². The number of hydrogen-bond donors (Lipinski definition) is 2. The average molecular weight is 247 g/mol. The number of carbonyl (C=O) groups excluding carboxylic acids is 1. The van der Waals surface area contributed by atoms with Crippen LogP contribution in [0.2, 0.25) is 0 Å². The van der Waals surface area contributed by atoms with Gasteiger partial charge in [-0.3, -0.25) is 9.59 Å². The molecule has 18 heavy (non-hydrogen) atoms. The second-order valence-electron chi connectivity index (χ2n) is 4.78. The van der Waals surface area contributed by atoms with Gasteiger partial charge in [0.1, 0.15) is 0 Å². The highest BCUT2D eigenvalue weighted by Gasteiger charge is 2.21. The zero-order valence-electron chi connectivity index (χ0n) is 10.2. The van der Waals surface area contributed by atoms with Crippen LogP contribution in [0, 0.1) is 5.92 Å². The van der Waals surface area contributed by atoms with Crippen LogP contribution in [0.25, 0.3) is 0 Å². The molecule has 1 aromatic rings. The van der Waals surface area contributed by atoms with E-state index in [2.05, 4.69) is 5.32 Å². The maximum absolute atomic E-state index is 11.8. The van der Waals surface area contributed by atoms with Crippen LogP contribution in [0.3, 0.4) is 0 Å². The molecule has 0 aliphatic heterocycles. The number of carboxylic acids is 1. The summed E-state index contributed by atoms with van der Waals surface area (Å²) in [6.07, 6.45) is 3.95. The summed E-state index contributed by atoms with van der Waals surface area (Å²) in [4.78, 5) is 22.5. The van der Waals surface area contributed by atoms with Crippen molar-refractivity contribution < 1.29 is 14.7 Å². The maximum atomic E-state index is 11.8. The predicted octanol–water partition coefficient (Wildman–Crippen LogP) is 2.44. The number of hydrogen-bond acceptors (Lipinski definition) is 2. The second kappa shape index (κ2) is 5.67. The monoisotopic (exact) mass is 247 g/mol. The number of carboxylic acid groups (broad SMARTS) is 1. The first-order valence-corrected chi connectivity index (χ1v) is 6.24. The minimum Gasteiger partial charge on any atom is -0.481 e. The van der Waals surface area contributed by atoms with Crippen LogP contribution in [-0.2, 0) is 16.0 Å². The summed E-state index contributed by atoms with van der Waals surface area (Å²) in [6.45, 7) is 0. The lowest BCUT2D eigenvalue weighted by atomic mass is 9.83. The molecule has 0 unspecified atom stereocenters. The van der Waals surface area contributed by atoms with Crippen molar-refractivity contribution >= 4 is 17.6 Å². The molecular formula is C14H17NO3. The van der Waals surface area contributed by atoms with Crippen LogP contribution < -0.4 is 5.32 Å². The Labute approximate surface area is 106 Å². The number of rotatable bonds is 5. The topological polar surface area (TPSA) is 66.4 Å². The summed E-state index contributed by atoms with van der Waals surface area (Å²) in [6, 6.07) is 7.05. The number of aliphatic carboxylic acids is 1. The van der Waals surface area contributed by atoms with E-state index in [1.165, 1.54) is 6.42 Å². The van der Waals surface area contributed by atoms with Crippen molar-refractivity contribution in [3.63, 3.8) is 0 Å². The predicted molar refractivity (Wildman–Crippen MR) is 68.4 cm³/mol. The highest BCUT2D eigenvalue weighted by molar-refractivity contribution is 5.92. The summed E-state index contributed by atoms with van der Waals surface area (Å²) in [5.74, 6) is -0.398. The molecule has 1 aromatic carbocycles. The molecule has 0 aromatic heterocycles. The highest BCUT2D eigenvalue weighted by Crippen LogP contribution is 2.29. The molecule has 0 heterocycles. The standard InChI is InChI=1S/C14H17NO3/c16-13(8-10-4-3-5-10)15-12-7-2-1-6-11(12)9-14(17)18/h1-2,6-7,10H,3-5,8-9H2,(H,15,16)(H,17,18). The van der Waals surface area contributed by atoms with Crippen LogP contribution in [0.5, 0.6) is 0 Å². The van der Waals surface area contributed by atoms with Crippen molar-refractivity contribution in [2.45, 2.75) is 32.1 Å². The first-order valence-electron chi connectivity index (χ1n) is 6.24. The van der Waals surface area contributed by atoms with E-state index in [9.17, 15) is 9.59 Å². The molecule has 1 fully saturated rings. The molecule has 1 aliphatic carbocycles. The lowest BCUT2D eigenvalue weighted by molar-refractivity contribution is -0.136. The molecular weight excluding hydrogens is 230 g/mol. The molecule has 0 spiro atoms. The Bertz CT molecular complexity index is 452. The van der Waals surface area contributed by atoms with E-state index in [1.807, 2.05) is 0 Å². The smallest absolute Gasteiger partial charge is 0.307 e. The first kappa shape index (κ1) is 12.6. The molecule has 96 valence electrons. The SMILES string of the molecule is O=C(O)Cc1ccccc1NC(=O)CC1CCC1. The number of anilines is 1. The lowest BCUT2D eigenvalue weighted by Gasteiger charge is -2.24. The lowest BCUT2D eigenvalue weighted by Crippen LogP contribution is -2.21. The van der Waals surface area contributed by atoms with Crippen molar-refractivity contribution in [1.29, 1.82) is 0 Å². The van der Waals surface area contributed by atoms with Gasteiger partial charge in [-0.25, -0.2) is 0 Å². The minimum atomic E-state index is -0.893. The summed E-state index contributed by atoms with van der Waals surface area (Å²) in [5.41, 5.74) is 1.26. The third-order valence-electron chi connectivity index (χ3n) is 3.33. The molecule has 0 atom stereocenters. The van der Waals surface area contributed by atoms with Gasteiger partial charge in [0, 0.05) is 12.1 Å². The molecule has 1 saturated carbocycles. The fourth-order valence-corrected chi connectivity index (χ4v) is 2.12. The molecule has 0 saturated heterocycles. The van der Waals surface area contributed by atoms with Crippen LogP contribution in [0.1, 0.15) is 31.2 Å². The fraction of sp³-hybridized carbons (Fsp3) is 0.429. The number of amides is 1. The van der Waals surface area contributed by atoms with Gasteiger partial charge >= 0.3 is 5.97 Å². The van der Waals surface area contributed by atoms with Gasteiger partial charge in [0.05, 0.1) is 6.42 Å². The van der Waals surface area contributed by atoms with E-state index in [1.54, 1.807) is 24.3 Å². The van der Waals surface area contributed by atoms with Gasteiger partial charge < -0.3 is 10.4 Å². The minimum absolute atomic E-state index is 0.0162. The number of carbonyl (C=O) groups is 2. The maximum Gasteiger partial charge on any atom is 0.307 e. The third-order valence-corrected chi connectivity index (χ3v) is 3.33. The summed E-state index contributed by atoms with van der Waals surface area (Å²) < 4.78 is 0. The molecule has 1 amide bonds. The Morgan fingerprint density at radius 1 is 1.28 bits per heavy atom. The first-order chi connectivity index (χ1) is 8.65. The molecule has 1 aliphatic rings. The Morgan fingerprint density at radius 3 is 2.61 bits per heavy atom. The van der Waals surface area contributed by atoms with E-state index in [0.717, 1.165) is 12.8 Å². The van der Waals surface area contributed by atoms with Crippen LogP contribution in [-0.4, -0.2) is 17.0 Å². The zero-order valence-corrected chi connectivity index (χ0v) is 10.2. The van der Waals surface area contributed by atoms with E-state index in [0.29, 0.717) is 23.6 Å². The fourth-order valence-electron chi connectivity index (χ4n) is 2.12. The van der Waals surface area contributed by atoms with Gasteiger partial charge in [0.15, 0.2) is 0 Å². The summed E-state index contributed by atoms with van der Waals surface area (Å²) in [7, 11) is 0. The molecule has 4 nitrogen and oxygen atoms in total. The summed E-state index contributed by atoms with van der Waals surface area (Å²) >= 11 is 0. The van der Waals surface area contributed by atoms with E-state index in [4.69, 9.17) is 5.11 Å². The van der Waals surface area contributed by atoms with Crippen LogP contribution in [0.15, 0.2) is 24.3 Å². The van der Waals surface area contributed by atoms with Gasteiger partial charge in [-0.15, -0.1) is 0 Å². The van der Waals surface area contributed by atoms with E-state index >= 15 is 0 Å². The zero-order chi connectivity index (χ0) is 13.0. The van der Waals surface area contributed by atoms with Crippen molar-refractivity contribution in [2.75, 3.05) is 5.32 Å². The van der Waals surface area contributed by atoms with Crippen LogP contribution >= 0.6 is 0 Å². The van der Waals surface area contributed by atoms with Gasteiger partial charge in [-0.1, -0.05) is 24.6 Å². The van der Waals surface area contributed by atoms with E-state index < -0.39 is 5.97 Å². The van der Waals surface area contributed by atoms with Gasteiger partial charge in [-0.2, -0.15) is 0 Å². The number of benzene rings is 1. The van der Waals surface area contributed by atoms with E-state index in [-0.39, 0.29) is 12.3 Å². The normalized spacial score (nSPS) is 14.9. The molecule has 0 radical (unpaired) electrons. The summed E-state index contributed by atoms with van der Waals surface area (Å²) in [5, 5.41) is 11.6. The Kier molecular flexibility index (Phi) is 3.97. The molecule has 4 heteroatoms. The average Bonchev–Trinajstić information content (AvgIpc) is 2.26. The quantitative estimate of drug-likeness (QED) is 0.839. The molecule has 2 rings (SSSR count). The van der Waals surface area contributed by atoms with Crippen molar-refractivity contribution in [1.82, 2.24) is 0 Å². The van der Waals surface area contributed by atoms with Crippen molar-refractivity contribution in [3.05, 3.63) is 29.8 Å². The molecule has 2 N–H and O–H groups in total. The van der Waals surface area contributed by atoms with Gasteiger partial charge in [0.25, 0.3) is 0 Å². The van der Waals surface area contributed by atoms with Gasteiger partial charge in [0.2, 0.25) is 5.91 Å². The Balaban J connectivity index is 1.98. The number of nitrogens with one attached hydrogen (secondary N) is 1. The molecule has 0 bridgehead atoms. The van der Waals surface area contributed by atoms with Crippen molar-refractivity contribution in [2.24, 2.45) is 5.92 Å².